The van der Waals surface area contributed by atoms with E-state index in [0.29, 0.717) is 26.2 Å². The van der Waals surface area contributed by atoms with E-state index in [4.69, 9.17) is 0 Å². The highest BCUT2D eigenvalue weighted by Gasteiger charge is 2.41. The number of hydrogen-bond acceptors (Lipinski definition) is 3. The standard InChI is InChI=1S/C19H27F3N6.HI/c1-14(19(20,21)22)27-10-12-28(13-11-27)18(23-2)24-9-5-8-17-25-15-6-3-4-7-16(15)26-17;/h3-4,6-7,14H,5,8-13H2,1-2H3,(H,23,24)(H,25,26);1H. The molecular formula is C19H28F3IN6. The highest BCUT2D eigenvalue weighted by Crippen LogP contribution is 2.25. The number of rotatable bonds is 5. The molecule has 0 aliphatic carbocycles. The Morgan fingerprint density at radius 2 is 1.93 bits per heavy atom. The van der Waals surface area contributed by atoms with Gasteiger partial charge in [0.2, 0.25) is 0 Å². The first-order chi connectivity index (χ1) is 13.4. The van der Waals surface area contributed by atoms with Crippen LogP contribution in [0.15, 0.2) is 29.3 Å². The maximum Gasteiger partial charge on any atom is 0.403 e. The molecule has 1 aliphatic heterocycles. The van der Waals surface area contributed by atoms with Gasteiger partial charge >= 0.3 is 6.18 Å². The number of imidazole rings is 1. The topological polar surface area (TPSA) is 59.6 Å². The van der Waals surface area contributed by atoms with E-state index in [-0.39, 0.29) is 24.0 Å². The molecule has 1 fully saturated rings. The van der Waals surface area contributed by atoms with Crippen LogP contribution >= 0.6 is 24.0 Å². The number of alkyl halides is 3. The van der Waals surface area contributed by atoms with Crippen molar-refractivity contribution in [3.8, 4) is 0 Å². The fourth-order valence-corrected chi connectivity index (χ4v) is 3.44. The summed E-state index contributed by atoms with van der Waals surface area (Å²) in [6.45, 7) is 3.76. The largest absolute Gasteiger partial charge is 0.403 e. The van der Waals surface area contributed by atoms with E-state index in [1.807, 2.05) is 29.2 Å². The minimum absolute atomic E-state index is 0. The predicted octanol–water partition coefficient (Wildman–Crippen LogP) is 3.26. The second-order valence-corrected chi connectivity index (χ2v) is 7.02. The van der Waals surface area contributed by atoms with Gasteiger partial charge in [-0.05, 0) is 25.5 Å². The number of nitrogens with one attached hydrogen (secondary N) is 2. The second kappa shape index (κ2) is 10.5. The summed E-state index contributed by atoms with van der Waals surface area (Å²) < 4.78 is 38.6. The maximum absolute atomic E-state index is 12.9. The van der Waals surface area contributed by atoms with Gasteiger partial charge in [-0.15, -0.1) is 24.0 Å². The van der Waals surface area contributed by atoms with Crippen molar-refractivity contribution in [2.45, 2.75) is 32.0 Å². The normalized spacial score (nSPS) is 17.3. The van der Waals surface area contributed by atoms with Crippen molar-refractivity contribution in [2.24, 2.45) is 4.99 Å². The van der Waals surface area contributed by atoms with Gasteiger partial charge in [-0.1, -0.05) is 12.1 Å². The van der Waals surface area contributed by atoms with Crippen molar-refractivity contribution in [3.05, 3.63) is 30.1 Å². The molecule has 1 unspecified atom stereocenters. The SMILES string of the molecule is CN=C(NCCCc1nc2ccccc2[nH]1)N1CCN(C(C)C(F)(F)F)CC1.I. The van der Waals surface area contributed by atoms with Crippen LogP contribution in [0.1, 0.15) is 19.2 Å². The third kappa shape index (κ3) is 6.21. The Bertz CT molecular complexity index is 766. The quantitative estimate of drug-likeness (QED) is 0.273. The Balaban J connectivity index is 0.00000300. The van der Waals surface area contributed by atoms with Crippen molar-refractivity contribution in [1.29, 1.82) is 0 Å². The number of benzene rings is 1. The van der Waals surface area contributed by atoms with Crippen molar-refractivity contribution in [2.75, 3.05) is 39.8 Å². The summed E-state index contributed by atoms with van der Waals surface area (Å²) in [6, 6.07) is 6.52. The van der Waals surface area contributed by atoms with Crippen LogP contribution in [0.3, 0.4) is 0 Å². The zero-order chi connectivity index (χ0) is 20.1. The zero-order valence-corrected chi connectivity index (χ0v) is 19.0. The lowest BCUT2D eigenvalue weighted by Crippen LogP contribution is -2.56. The van der Waals surface area contributed by atoms with E-state index >= 15 is 0 Å². The molecule has 1 aromatic heterocycles. The van der Waals surface area contributed by atoms with E-state index in [1.165, 1.54) is 11.8 Å². The van der Waals surface area contributed by atoms with Crippen LogP contribution in [-0.4, -0.2) is 77.7 Å². The van der Waals surface area contributed by atoms with Crippen LogP contribution in [0.25, 0.3) is 11.0 Å². The van der Waals surface area contributed by atoms with E-state index in [0.717, 1.165) is 42.2 Å². The molecule has 1 aromatic carbocycles. The number of aliphatic imine (C=N–C) groups is 1. The summed E-state index contributed by atoms with van der Waals surface area (Å²) in [6.07, 6.45) is -2.49. The van der Waals surface area contributed by atoms with Crippen molar-refractivity contribution < 1.29 is 13.2 Å². The van der Waals surface area contributed by atoms with Crippen LogP contribution in [-0.2, 0) is 6.42 Å². The van der Waals surface area contributed by atoms with Crippen LogP contribution in [0.2, 0.25) is 0 Å². The van der Waals surface area contributed by atoms with Gasteiger partial charge in [0.1, 0.15) is 11.9 Å². The average Bonchev–Trinajstić information content (AvgIpc) is 3.10. The molecule has 0 amide bonds. The molecule has 2 aromatic rings. The van der Waals surface area contributed by atoms with Crippen LogP contribution in [0.4, 0.5) is 13.2 Å². The van der Waals surface area contributed by atoms with Gasteiger partial charge in [0.25, 0.3) is 0 Å². The predicted molar refractivity (Wildman–Crippen MR) is 120 cm³/mol. The van der Waals surface area contributed by atoms with Gasteiger partial charge in [-0.3, -0.25) is 9.89 Å². The fraction of sp³-hybridized carbons (Fsp3) is 0.579. The van der Waals surface area contributed by atoms with E-state index in [9.17, 15) is 13.2 Å². The molecule has 29 heavy (non-hydrogen) atoms. The molecule has 0 saturated carbocycles. The molecule has 1 saturated heterocycles. The number of para-hydroxylation sites is 2. The molecule has 3 rings (SSSR count). The Morgan fingerprint density at radius 1 is 1.24 bits per heavy atom. The lowest BCUT2D eigenvalue weighted by molar-refractivity contribution is -0.181. The number of nitrogens with zero attached hydrogens (tertiary/aromatic N) is 4. The first-order valence-corrected chi connectivity index (χ1v) is 9.58. The maximum atomic E-state index is 12.9. The summed E-state index contributed by atoms with van der Waals surface area (Å²) >= 11 is 0. The number of aryl methyl sites for hydroxylation is 1. The number of hydrogen-bond donors (Lipinski definition) is 2. The summed E-state index contributed by atoms with van der Waals surface area (Å²) in [5, 5.41) is 3.31. The smallest absolute Gasteiger partial charge is 0.356 e. The number of aromatic nitrogens is 2. The molecule has 0 spiro atoms. The van der Waals surface area contributed by atoms with E-state index in [2.05, 4.69) is 20.3 Å². The van der Waals surface area contributed by atoms with Gasteiger partial charge in [0.15, 0.2) is 5.96 Å². The number of fused-ring (bicyclic) bond motifs is 1. The molecular weight excluding hydrogens is 496 g/mol. The van der Waals surface area contributed by atoms with Crippen LogP contribution < -0.4 is 5.32 Å². The molecule has 0 radical (unpaired) electrons. The minimum Gasteiger partial charge on any atom is -0.356 e. The second-order valence-electron chi connectivity index (χ2n) is 7.02. The van der Waals surface area contributed by atoms with Gasteiger partial charge < -0.3 is 15.2 Å². The van der Waals surface area contributed by atoms with Gasteiger partial charge in [0.05, 0.1) is 11.0 Å². The fourth-order valence-electron chi connectivity index (χ4n) is 3.44. The summed E-state index contributed by atoms with van der Waals surface area (Å²) in [4.78, 5) is 15.6. The number of halogens is 4. The molecule has 162 valence electrons. The molecule has 1 atom stereocenters. The molecule has 6 nitrogen and oxygen atoms in total. The third-order valence-corrected chi connectivity index (χ3v) is 5.16. The third-order valence-electron chi connectivity index (χ3n) is 5.16. The van der Waals surface area contributed by atoms with Crippen LogP contribution in [0.5, 0.6) is 0 Å². The highest BCUT2D eigenvalue weighted by atomic mass is 127. The van der Waals surface area contributed by atoms with Gasteiger partial charge in [-0.2, -0.15) is 13.2 Å². The van der Waals surface area contributed by atoms with Gasteiger partial charge in [0, 0.05) is 46.2 Å². The summed E-state index contributed by atoms with van der Waals surface area (Å²) in [5.41, 5.74) is 2.00. The number of aromatic amines is 1. The lowest BCUT2D eigenvalue weighted by Gasteiger charge is -2.39. The van der Waals surface area contributed by atoms with Crippen molar-refractivity contribution in [3.63, 3.8) is 0 Å². The molecule has 2 heterocycles. The molecule has 2 N–H and O–H groups in total. The number of piperazine rings is 1. The Labute approximate surface area is 186 Å². The van der Waals surface area contributed by atoms with Crippen molar-refractivity contribution in [1.82, 2.24) is 25.1 Å². The molecule has 1 aliphatic rings. The van der Waals surface area contributed by atoms with Crippen LogP contribution in [0, 0.1) is 0 Å². The van der Waals surface area contributed by atoms with E-state index in [1.54, 1.807) is 7.05 Å². The minimum atomic E-state index is -4.18. The first kappa shape index (κ1) is 23.7. The molecule has 0 bridgehead atoms. The Kier molecular flexibility index (Phi) is 8.56. The number of H-pyrrole nitrogens is 1. The van der Waals surface area contributed by atoms with Crippen molar-refractivity contribution >= 4 is 41.0 Å². The monoisotopic (exact) mass is 524 g/mol. The first-order valence-electron chi connectivity index (χ1n) is 9.58. The highest BCUT2D eigenvalue weighted by molar-refractivity contribution is 14.0. The Hall–Kier alpha value is -1.56. The lowest BCUT2D eigenvalue weighted by atomic mass is 10.2. The summed E-state index contributed by atoms with van der Waals surface area (Å²) in [7, 11) is 1.70. The zero-order valence-electron chi connectivity index (χ0n) is 16.7. The molecule has 10 heteroatoms. The summed E-state index contributed by atoms with van der Waals surface area (Å²) in [5.74, 6) is 1.69. The van der Waals surface area contributed by atoms with Gasteiger partial charge in [-0.25, -0.2) is 4.98 Å². The number of guanidine groups is 1. The Morgan fingerprint density at radius 3 is 2.55 bits per heavy atom. The van der Waals surface area contributed by atoms with E-state index < -0.39 is 12.2 Å². The average molecular weight is 524 g/mol.